The highest BCUT2D eigenvalue weighted by molar-refractivity contribution is 6.22. The number of benzene rings is 5. The van der Waals surface area contributed by atoms with Crippen LogP contribution in [0, 0.1) is 10.1 Å². The van der Waals surface area contributed by atoms with Crippen LogP contribution in [0.5, 0.6) is 5.75 Å². The second kappa shape index (κ2) is 9.35. The highest BCUT2D eigenvalue weighted by Crippen LogP contribution is 2.40. The van der Waals surface area contributed by atoms with Crippen molar-refractivity contribution in [2.24, 2.45) is 5.10 Å². The summed E-state index contributed by atoms with van der Waals surface area (Å²) in [5.74, 6) is 0.754. The number of nitro groups is 1. The van der Waals surface area contributed by atoms with E-state index in [9.17, 15) is 14.9 Å². The molecule has 0 N–H and O–H groups in total. The molecule has 0 fully saturated rings. The van der Waals surface area contributed by atoms with Crippen LogP contribution in [0.2, 0.25) is 0 Å². The second-order valence-corrected chi connectivity index (χ2v) is 10.6. The number of non-ortho nitro benzene ring substituents is 1. The third kappa shape index (κ3) is 3.75. The van der Waals surface area contributed by atoms with Gasteiger partial charge in [0.05, 0.1) is 40.5 Å². The number of pyridine rings is 1. The Morgan fingerprint density at radius 3 is 2.40 bits per heavy atom. The quantitative estimate of drug-likeness (QED) is 0.167. The Labute approximate surface area is 244 Å². The second-order valence-electron chi connectivity index (χ2n) is 10.6. The van der Waals surface area contributed by atoms with Crippen LogP contribution >= 0.6 is 0 Å². The van der Waals surface area contributed by atoms with E-state index in [-0.39, 0.29) is 17.3 Å². The average molecular weight is 566 g/mol. The maximum Gasteiger partial charge on any atom is 0.269 e. The Morgan fingerprint density at radius 2 is 1.63 bits per heavy atom. The molecule has 43 heavy (non-hydrogen) atoms. The molecule has 1 atom stereocenters. The summed E-state index contributed by atoms with van der Waals surface area (Å²) in [5, 5.41) is 21.6. The fourth-order valence-electron chi connectivity index (χ4n) is 6.28. The molecule has 2 aromatic heterocycles. The Hall–Kier alpha value is -5.83. The fourth-order valence-corrected chi connectivity index (χ4v) is 6.28. The van der Waals surface area contributed by atoms with Gasteiger partial charge in [0.2, 0.25) is 0 Å². The summed E-state index contributed by atoms with van der Waals surface area (Å²) < 4.78 is 7.07. The molecule has 5 aromatic carbocycles. The van der Waals surface area contributed by atoms with Gasteiger partial charge in [-0.25, -0.2) is 4.98 Å². The first-order valence-electron chi connectivity index (χ1n) is 13.9. The summed E-state index contributed by atoms with van der Waals surface area (Å²) in [6.45, 7) is 0. The monoisotopic (exact) mass is 565 g/mol. The third-order valence-electron chi connectivity index (χ3n) is 8.32. The molecule has 9 nitrogen and oxygen atoms in total. The van der Waals surface area contributed by atoms with Crippen molar-refractivity contribution in [1.29, 1.82) is 0 Å². The third-order valence-corrected chi connectivity index (χ3v) is 8.32. The molecule has 0 saturated heterocycles. The number of fused-ring (bicyclic) bond motifs is 4. The summed E-state index contributed by atoms with van der Waals surface area (Å²) in [5.41, 5.74) is 5.68. The van der Waals surface area contributed by atoms with Crippen molar-refractivity contribution in [2.45, 2.75) is 12.5 Å². The molecular weight excluding hydrogens is 542 g/mol. The van der Waals surface area contributed by atoms with E-state index in [1.165, 1.54) is 12.1 Å². The lowest BCUT2D eigenvalue weighted by molar-refractivity contribution is -0.384. The van der Waals surface area contributed by atoms with E-state index in [2.05, 4.69) is 0 Å². The summed E-state index contributed by atoms with van der Waals surface area (Å²) in [6.07, 6.45) is 0.592. The first kappa shape index (κ1) is 24.9. The first-order valence-corrected chi connectivity index (χ1v) is 13.9. The van der Waals surface area contributed by atoms with E-state index in [1.54, 1.807) is 23.6 Å². The van der Waals surface area contributed by atoms with Gasteiger partial charge in [0.1, 0.15) is 11.4 Å². The number of methoxy groups -OCH3 is 1. The molecule has 9 heteroatoms. The van der Waals surface area contributed by atoms with Gasteiger partial charge in [-0.05, 0) is 53.4 Å². The number of nitrogens with zero attached hydrogens (tertiary/aromatic N) is 5. The molecule has 7 aromatic rings. The smallest absolute Gasteiger partial charge is 0.269 e. The lowest BCUT2D eigenvalue weighted by Crippen LogP contribution is -2.18. The maximum atomic E-state index is 13.8. The number of para-hydroxylation sites is 2. The minimum absolute atomic E-state index is 0.0207. The number of hydrogen-bond donors (Lipinski definition) is 0. The van der Waals surface area contributed by atoms with E-state index >= 15 is 0 Å². The number of aromatic nitrogens is 2. The molecule has 1 aliphatic heterocycles. The molecule has 0 spiro atoms. The van der Waals surface area contributed by atoms with E-state index in [1.807, 2.05) is 83.9 Å². The maximum absolute atomic E-state index is 13.8. The first-order chi connectivity index (χ1) is 21.0. The van der Waals surface area contributed by atoms with Gasteiger partial charge >= 0.3 is 0 Å². The van der Waals surface area contributed by atoms with Crippen molar-refractivity contribution in [1.82, 2.24) is 9.38 Å². The highest BCUT2D eigenvalue weighted by Gasteiger charge is 2.31. The van der Waals surface area contributed by atoms with E-state index in [0.29, 0.717) is 17.5 Å². The van der Waals surface area contributed by atoms with Crippen molar-refractivity contribution in [3.63, 3.8) is 0 Å². The predicted molar refractivity (Wildman–Crippen MR) is 168 cm³/mol. The number of imidazole rings is 1. The number of hydrazone groups is 1. The molecule has 0 unspecified atom stereocenters. The molecule has 0 saturated carbocycles. The number of ether oxygens (including phenoxy) is 1. The largest absolute Gasteiger partial charge is 0.497 e. The van der Waals surface area contributed by atoms with E-state index < -0.39 is 4.92 Å². The van der Waals surface area contributed by atoms with Gasteiger partial charge in [0, 0.05) is 40.3 Å². The summed E-state index contributed by atoms with van der Waals surface area (Å²) in [4.78, 5) is 29.6. The zero-order chi connectivity index (χ0) is 29.2. The summed E-state index contributed by atoms with van der Waals surface area (Å²) in [7, 11) is 1.63. The van der Waals surface area contributed by atoms with E-state index in [4.69, 9.17) is 14.8 Å². The van der Waals surface area contributed by atoms with Crippen LogP contribution < -0.4 is 15.3 Å². The van der Waals surface area contributed by atoms with Crippen molar-refractivity contribution in [3.8, 4) is 5.75 Å². The molecular formula is C34H23N5O4. The van der Waals surface area contributed by atoms with Crippen LogP contribution in [0.1, 0.15) is 23.6 Å². The van der Waals surface area contributed by atoms with Gasteiger partial charge in [-0.3, -0.25) is 24.3 Å². The summed E-state index contributed by atoms with van der Waals surface area (Å²) in [6, 6.07) is 31.7. The van der Waals surface area contributed by atoms with Crippen molar-refractivity contribution >= 4 is 55.3 Å². The van der Waals surface area contributed by atoms with Gasteiger partial charge in [0.25, 0.3) is 11.2 Å². The topological polar surface area (TPSA) is 102 Å². The number of anilines is 1. The number of rotatable bonds is 5. The van der Waals surface area contributed by atoms with Gasteiger partial charge in [0.15, 0.2) is 0 Å². The van der Waals surface area contributed by atoms with Crippen LogP contribution in [-0.2, 0) is 0 Å². The van der Waals surface area contributed by atoms with Crippen LogP contribution in [0.4, 0.5) is 11.4 Å². The zero-order valence-corrected chi connectivity index (χ0v) is 23.0. The van der Waals surface area contributed by atoms with Crippen LogP contribution in [0.15, 0.2) is 113 Å². The molecule has 208 valence electrons. The lowest BCUT2D eigenvalue weighted by Gasteiger charge is -2.24. The van der Waals surface area contributed by atoms with Crippen LogP contribution in [0.25, 0.3) is 38.2 Å². The molecule has 0 radical (unpaired) electrons. The average Bonchev–Trinajstić information content (AvgIpc) is 3.66. The number of nitro benzene ring substituents is 1. The van der Waals surface area contributed by atoms with Crippen LogP contribution in [-0.4, -0.2) is 27.1 Å². The lowest BCUT2D eigenvalue weighted by atomic mass is 9.92. The minimum atomic E-state index is -0.408. The summed E-state index contributed by atoms with van der Waals surface area (Å²) >= 11 is 0. The molecule has 0 amide bonds. The Balaban J connectivity index is 1.32. The molecule has 1 aliphatic rings. The minimum Gasteiger partial charge on any atom is -0.497 e. The highest BCUT2D eigenvalue weighted by atomic mass is 16.6. The van der Waals surface area contributed by atoms with E-state index in [0.717, 1.165) is 55.5 Å². The van der Waals surface area contributed by atoms with Crippen LogP contribution in [0.3, 0.4) is 0 Å². The molecule has 3 heterocycles. The standard InChI is InChI=1S/C34H23N5O4/c1-43-23-15-9-20(10-16-23)31-19-29(36-38(31)21-11-13-22(14-12-21)39(41)42)24-17-18-27-32-25(24)5-4-6-26(32)33-35-28-7-2-3-8-30(28)37(33)34(27)40/h2-18,31H,19H2,1H3/t31-/m0/s1. The van der Waals surface area contributed by atoms with Crippen molar-refractivity contribution < 1.29 is 9.66 Å². The SMILES string of the molecule is COc1ccc([C@@H]2CC(c3ccc4c(=O)n5c6ccccc6nc5c5cccc3c45)=NN2c2ccc([N+](=O)[O-])cc2)cc1. The molecule has 0 bridgehead atoms. The van der Waals surface area contributed by atoms with Gasteiger partial charge in [-0.2, -0.15) is 5.10 Å². The number of hydrogen-bond acceptors (Lipinski definition) is 7. The Morgan fingerprint density at radius 1 is 0.860 bits per heavy atom. The van der Waals surface area contributed by atoms with Crippen molar-refractivity contribution in [2.75, 3.05) is 12.1 Å². The zero-order valence-electron chi connectivity index (χ0n) is 23.0. The van der Waals surface area contributed by atoms with Gasteiger partial charge < -0.3 is 4.74 Å². The molecule has 0 aliphatic carbocycles. The van der Waals surface area contributed by atoms with Gasteiger partial charge in [-0.1, -0.05) is 48.5 Å². The normalized spacial score (nSPS) is 15.1. The molecule has 8 rings (SSSR count). The Kier molecular flexibility index (Phi) is 5.42. The predicted octanol–water partition coefficient (Wildman–Crippen LogP) is 6.86. The Bertz CT molecular complexity index is 2310. The van der Waals surface area contributed by atoms with Gasteiger partial charge in [-0.15, -0.1) is 0 Å². The van der Waals surface area contributed by atoms with Crippen molar-refractivity contribution in [3.05, 3.63) is 135 Å². The fraction of sp³-hybridized carbons (Fsp3) is 0.0882.